The van der Waals surface area contributed by atoms with E-state index in [0.717, 1.165) is 11.1 Å². The minimum absolute atomic E-state index is 0.102. The third-order valence-electron chi connectivity index (χ3n) is 5.01. The van der Waals surface area contributed by atoms with Crippen LogP contribution in [0.5, 0.6) is 0 Å². The summed E-state index contributed by atoms with van der Waals surface area (Å²) in [4.78, 5) is 39.0. The van der Waals surface area contributed by atoms with E-state index in [1.807, 2.05) is 42.5 Å². The van der Waals surface area contributed by atoms with E-state index in [4.69, 9.17) is 4.74 Å². The third-order valence-corrected chi connectivity index (χ3v) is 5.01. The van der Waals surface area contributed by atoms with Gasteiger partial charge in [0.1, 0.15) is 6.04 Å². The lowest BCUT2D eigenvalue weighted by atomic mass is 9.98. The number of nitrogens with zero attached hydrogens (tertiary/aromatic N) is 1. The number of ether oxygens (including phenoxy) is 1. The van der Waals surface area contributed by atoms with Crippen LogP contribution < -0.4 is 5.32 Å². The third kappa shape index (κ3) is 3.56. The Morgan fingerprint density at radius 3 is 2.63 bits per heavy atom. The lowest BCUT2D eigenvalue weighted by molar-refractivity contribution is -0.136. The molecule has 6 nitrogen and oxygen atoms in total. The molecular formula is C21H20N2O4. The molecule has 6 heteroatoms. The number of fused-ring (bicyclic) bond motifs is 1. The first-order valence-corrected chi connectivity index (χ1v) is 9.04. The average molecular weight is 364 g/mol. The van der Waals surface area contributed by atoms with Gasteiger partial charge in [-0.05, 0) is 23.6 Å². The molecule has 2 heterocycles. The van der Waals surface area contributed by atoms with Gasteiger partial charge in [0.05, 0.1) is 5.56 Å². The summed E-state index contributed by atoms with van der Waals surface area (Å²) in [5, 5.41) is 2.76. The molecule has 2 aliphatic rings. The molecule has 4 rings (SSSR count). The topological polar surface area (TPSA) is 75.7 Å². The molecule has 0 radical (unpaired) electrons. The van der Waals surface area contributed by atoms with Gasteiger partial charge in [0.25, 0.3) is 5.91 Å². The zero-order valence-corrected chi connectivity index (χ0v) is 14.8. The standard InChI is InChI=1S/C21H20N2O4/c24-19(18-12-15-8-4-5-9-16(15)21(26)27-18)22-17-10-11-23(20(17)25)13-14-6-2-1-3-7-14/h1-9,17-18H,10-13H2,(H,22,24)/t17-,18-/m0/s1. The number of nitrogens with one attached hydrogen (secondary N) is 1. The van der Waals surface area contributed by atoms with Crippen molar-refractivity contribution in [2.75, 3.05) is 6.54 Å². The van der Waals surface area contributed by atoms with Crippen LogP contribution in [0.1, 0.15) is 27.9 Å². The van der Waals surface area contributed by atoms with Crippen LogP contribution in [-0.4, -0.2) is 41.4 Å². The van der Waals surface area contributed by atoms with E-state index >= 15 is 0 Å². The molecular weight excluding hydrogens is 344 g/mol. The zero-order chi connectivity index (χ0) is 18.8. The maximum absolute atomic E-state index is 12.6. The molecule has 138 valence electrons. The van der Waals surface area contributed by atoms with Gasteiger partial charge in [0.15, 0.2) is 6.10 Å². The monoisotopic (exact) mass is 364 g/mol. The molecule has 2 atom stereocenters. The molecule has 1 saturated heterocycles. The number of hydrogen-bond donors (Lipinski definition) is 1. The summed E-state index contributed by atoms with van der Waals surface area (Å²) in [5.41, 5.74) is 2.33. The number of esters is 1. The van der Waals surface area contributed by atoms with E-state index in [9.17, 15) is 14.4 Å². The van der Waals surface area contributed by atoms with Gasteiger partial charge < -0.3 is 15.0 Å². The molecule has 0 bridgehead atoms. The van der Waals surface area contributed by atoms with Gasteiger partial charge in [-0.2, -0.15) is 0 Å². The number of carbonyl (C=O) groups excluding carboxylic acids is 3. The molecule has 0 aliphatic carbocycles. The highest BCUT2D eigenvalue weighted by Crippen LogP contribution is 2.21. The van der Waals surface area contributed by atoms with E-state index in [-0.39, 0.29) is 5.91 Å². The van der Waals surface area contributed by atoms with Gasteiger partial charge in [-0.25, -0.2) is 4.79 Å². The Bertz CT molecular complexity index is 881. The lowest BCUT2D eigenvalue weighted by Gasteiger charge is -2.25. The fourth-order valence-corrected chi connectivity index (χ4v) is 3.58. The van der Waals surface area contributed by atoms with Crippen LogP contribution in [0.4, 0.5) is 0 Å². The van der Waals surface area contributed by atoms with Crippen molar-refractivity contribution in [3.05, 3.63) is 71.3 Å². The molecule has 0 unspecified atom stereocenters. The fourth-order valence-electron chi connectivity index (χ4n) is 3.58. The van der Waals surface area contributed by atoms with Gasteiger partial charge >= 0.3 is 5.97 Å². The summed E-state index contributed by atoms with van der Waals surface area (Å²) in [7, 11) is 0. The number of likely N-dealkylation sites (tertiary alicyclic amines) is 1. The van der Waals surface area contributed by atoms with E-state index in [0.29, 0.717) is 31.5 Å². The zero-order valence-electron chi connectivity index (χ0n) is 14.8. The van der Waals surface area contributed by atoms with Crippen LogP contribution in [0, 0.1) is 0 Å². The number of carbonyl (C=O) groups is 3. The number of hydrogen-bond acceptors (Lipinski definition) is 4. The molecule has 1 fully saturated rings. The minimum atomic E-state index is -0.900. The molecule has 27 heavy (non-hydrogen) atoms. The fraction of sp³-hybridized carbons (Fsp3) is 0.286. The summed E-state index contributed by atoms with van der Waals surface area (Å²) in [6.07, 6.45) is -0.0276. The van der Waals surface area contributed by atoms with E-state index in [2.05, 4.69) is 5.32 Å². The number of rotatable bonds is 4. The van der Waals surface area contributed by atoms with Gasteiger partial charge in [0.2, 0.25) is 5.91 Å². The van der Waals surface area contributed by atoms with Crippen molar-refractivity contribution in [2.45, 2.75) is 31.5 Å². The van der Waals surface area contributed by atoms with Crippen molar-refractivity contribution in [1.82, 2.24) is 10.2 Å². The summed E-state index contributed by atoms with van der Waals surface area (Å²) < 4.78 is 5.27. The molecule has 2 aromatic rings. The van der Waals surface area contributed by atoms with Crippen LogP contribution in [-0.2, 0) is 27.3 Å². The van der Waals surface area contributed by atoms with Gasteiger partial charge in [-0.1, -0.05) is 48.5 Å². The number of cyclic esters (lactones) is 1. The van der Waals surface area contributed by atoms with Crippen molar-refractivity contribution in [3.8, 4) is 0 Å². The van der Waals surface area contributed by atoms with E-state index < -0.39 is 24.0 Å². The summed E-state index contributed by atoms with van der Waals surface area (Å²) in [6, 6.07) is 16.3. The average Bonchev–Trinajstić information content (AvgIpc) is 3.02. The molecule has 2 aliphatic heterocycles. The molecule has 0 aromatic heterocycles. The Balaban J connectivity index is 1.38. The Morgan fingerprint density at radius 1 is 1.07 bits per heavy atom. The van der Waals surface area contributed by atoms with Gasteiger partial charge in [-0.15, -0.1) is 0 Å². The smallest absolute Gasteiger partial charge is 0.339 e. The van der Waals surface area contributed by atoms with Crippen LogP contribution >= 0.6 is 0 Å². The Morgan fingerprint density at radius 2 is 1.81 bits per heavy atom. The summed E-state index contributed by atoms with van der Waals surface area (Å²) >= 11 is 0. The highest BCUT2D eigenvalue weighted by Gasteiger charge is 2.37. The van der Waals surface area contributed by atoms with Gasteiger partial charge in [0, 0.05) is 19.5 Å². The largest absolute Gasteiger partial charge is 0.448 e. The first-order chi connectivity index (χ1) is 13.1. The highest BCUT2D eigenvalue weighted by atomic mass is 16.5. The van der Waals surface area contributed by atoms with Gasteiger partial charge in [-0.3, -0.25) is 9.59 Å². The maximum Gasteiger partial charge on any atom is 0.339 e. The lowest BCUT2D eigenvalue weighted by Crippen LogP contribution is -2.48. The second-order valence-electron chi connectivity index (χ2n) is 6.85. The van der Waals surface area contributed by atoms with E-state index in [1.54, 1.807) is 17.0 Å². The first kappa shape index (κ1) is 17.3. The normalized spacial score (nSPS) is 21.6. The second-order valence-corrected chi connectivity index (χ2v) is 6.85. The number of benzene rings is 2. The molecule has 2 aromatic carbocycles. The van der Waals surface area contributed by atoms with Crippen LogP contribution in [0.15, 0.2) is 54.6 Å². The van der Waals surface area contributed by atoms with Crippen molar-refractivity contribution >= 4 is 17.8 Å². The summed E-state index contributed by atoms with van der Waals surface area (Å²) in [5.74, 6) is -1.02. The van der Waals surface area contributed by atoms with Crippen molar-refractivity contribution < 1.29 is 19.1 Å². The molecule has 1 N–H and O–H groups in total. The quantitative estimate of drug-likeness (QED) is 0.838. The second kappa shape index (κ2) is 7.23. The molecule has 2 amide bonds. The maximum atomic E-state index is 12.6. The molecule has 0 saturated carbocycles. The first-order valence-electron chi connectivity index (χ1n) is 9.04. The van der Waals surface area contributed by atoms with Crippen LogP contribution in [0.2, 0.25) is 0 Å². The molecule has 0 spiro atoms. The van der Waals surface area contributed by atoms with Crippen LogP contribution in [0.25, 0.3) is 0 Å². The van der Waals surface area contributed by atoms with Crippen molar-refractivity contribution in [2.24, 2.45) is 0 Å². The van der Waals surface area contributed by atoms with Crippen molar-refractivity contribution in [3.63, 3.8) is 0 Å². The summed E-state index contributed by atoms with van der Waals surface area (Å²) in [6.45, 7) is 1.11. The minimum Gasteiger partial charge on any atom is -0.448 e. The van der Waals surface area contributed by atoms with E-state index in [1.165, 1.54) is 0 Å². The predicted molar refractivity (Wildman–Crippen MR) is 97.8 cm³/mol. The SMILES string of the molecule is O=C1O[C@H](C(=O)N[C@H]2CCN(Cc3ccccc3)C2=O)Cc2ccccc21. The number of amides is 2. The Labute approximate surface area is 157 Å². The van der Waals surface area contributed by atoms with Crippen molar-refractivity contribution in [1.29, 1.82) is 0 Å². The Hall–Kier alpha value is -3.15. The Kier molecular flexibility index (Phi) is 4.62. The van der Waals surface area contributed by atoms with Crippen LogP contribution in [0.3, 0.4) is 0 Å². The predicted octanol–water partition coefficient (Wildman–Crippen LogP) is 1.69. The highest BCUT2D eigenvalue weighted by molar-refractivity contribution is 5.97.